The van der Waals surface area contributed by atoms with Gasteiger partial charge in [-0.1, -0.05) is 64.6 Å². The van der Waals surface area contributed by atoms with Crippen LogP contribution < -0.4 is 9.47 Å². The van der Waals surface area contributed by atoms with E-state index in [1.54, 1.807) is 36.4 Å². The van der Waals surface area contributed by atoms with Crippen LogP contribution in [0, 0.1) is 6.92 Å². The SMILES string of the molecule is COc1cc(/C=C2\N=C(c3ccc(Cl)c(Cl)c3)OC2=O)cc(Cl)c1OCc1ccc(C)cc1. The van der Waals surface area contributed by atoms with Gasteiger partial charge in [0.25, 0.3) is 0 Å². The number of halogens is 3. The molecule has 8 heteroatoms. The van der Waals surface area contributed by atoms with Gasteiger partial charge < -0.3 is 14.2 Å². The van der Waals surface area contributed by atoms with Crippen molar-refractivity contribution in [2.24, 2.45) is 4.99 Å². The van der Waals surface area contributed by atoms with Crippen LogP contribution in [0.25, 0.3) is 6.08 Å². The number of methoxy groups -OCH3 is 1. The number of hydrogen-bond acceptors (Lipinski definition) is 5. The molecule has 0 N–H and O–H groups in total. The standard InChI is InChI=1S/C25H18Cl3NO4/c1-14-3-5-15(6-4-14)13-32-23-20(28)9-16(11-22(23)31-2)10-21-25(30)33-24(29-21)17-7-8-18(26)19(27)12-17/h3-12H,13H2,1-2H3/b21-10-. The number of carbonyl (C=O) groups excluding carboxylic acids is 1. The van der Waals surface area contributed by atoms with E-state index in [1.165, 1.54) is 12.7 Å². The zero-order valence-corrected chi connectivity index (χ0v) is 20.0. The van der Waals surface area contributed by atoms with Gasteiger partial charge in [0.2, 0.25) is 5.90 Å². The maximum Gasteiger partial charge on any atom is 0.363 e. The Labute approximate surface area is 206 Å². The molecule has 3 aromatic rings. The van der Waals surface area contributed by atoms with Crippen molar-refractivity contribution in [1.29, 1.82) is 0 Å². The van der Waals surface area contributed by atoms with Crippen LogP contribution in [0.4, 0.5) is 0 Å². The van der Waals surface area contributed by atoms with Crippen LogP contribution in [0.3, 0.4) is 0 Å². The van der Waals surface area contributed by atoms with Crippen molar-refractivity contribution in [3.05, 3.63) is 97.6 Å². The van der Waals surface area contributed by atoms with E-state index in [0.717, 1.165) is 5.56 Å². The molecule has 0 bridgehead atoms. The maximum absolute atomic E-state index is 12.4. The molecular formula is C25H18Cl3NO4. The monoisotopic (exact) mass is 501 g/mol. The van der Waals surface area contributed by atoms with E-state index < -0.39 is 5.97 Å². The lowest BCUT2D eigenvalue weighted by Crippen LogP contribution is -2.05. The van der Waals surface area contributed by atoms with Crippen LogP contribution in [0.5, 0.6) is 11.5 Å². The fourth-order valence-corrected chi connectivity index (χ4v) is 3.69. The molecule has 3 aromatic carbocycles. The number of ether oxygens (including phenoxy) is 3. The van der Waals surface area contributed by atoms with Gasteiger partial charge in [0, 0.05) is 5.56 Å². The van der Waals surface area contributed by atoms with Gasteiger partial charge in [0.1, 0.15) is 6.61 Å². The Morgan fingerprint density at radius 2 is 1.73 bits per heavy atom. The van der Waals surface area contributed by atoms with E-state index in [4.69, 9.17) is 49.0 Å². The second kappa shape index (κ2) is 9.87. The topological polar surface area (TPSA) is 57.1 Å². The Kier molecular flexibility index (Phi) is 6.94. The molecule has 0 saturated carbocycles. The molecule has 0 radical (unpaired) electrons. The first-order chi connectivity index (χ1) is 15.8. The Hall–Kier alpha value is -2.99. The molecule has 4 rings (SSSR count). The lowest BCUT2D eigenvalue weighted by atomic mass is 10.1. The minimum atomic E-state index is -0.592. The van der Waals surface area contributed by atoms with Crippen LogP contribution in [0.2, 0.25) is 15.1 Å². The fourth-order valence-electron chi connectivity index (χ4n) is 3.12. The van der Waals surface area contributed by atoms with Crippen LogP contribution in [0.1, 0.15) is 22.3 Å². The van der Waals surface area contributed by atoms with Gasteiger partial charge in [-0.25, -0.2) is 9.79 Å². The number of benzene rings is 3. The highest BCUT2D eigenvalue weighted by atomic mass is 35.5. The highest BCUT2D eigenvalue weighted by Gasteiger charge is 2.25. The smallest absolute Gasteiger partial charge is 0.363 e. The summed E-state index contributed by atoms with van der Waals surface area (Å²) in [5, 5.41) is 1.07. The number of esters is 1. The van der Waals surface area contributed by atoms with Gasteiger partial charge in [0.05, 0.1) is 22.2 Å². The average molecular weight is 503 g/mol. The van der Waals surface area contributed by atoms with Crippen LogP contribution in [0.15, 0.2) is 65.3 Å². The zero-order chi connectivity index (χ0) is 23.5. The van der Waals surface area contributed by atoms with E-state index >= 15 is 0 Å². The predicted molar refractivity (Wildman–Crippen MR) is 131 cm³/mol. The third kappa shape index (κ3) is 5.33. The molecule has 0 aliphatic carbocycles. The van der Waals surface area contributed by atoms with Crippen LogP contribution in [-0.4, -0.2) is 19.0 Å². The molecule has 0 saturated heterocycles. The summed E-state index contributed by atoms with van der Waals surface area (Å²) in [4.78, 5) is 16.6. The maximum atomic E-state index is 12.4. The predicted octanol–water partition coefficient (Wildman–Crippen LogP) is 6.89. The fraction of sp³-hybridized carbons (Fsp3) is 0.120. The van der Waals surface area contributed by atoms with Gasteiger partial charge in [0.15, 0.2) is 17.2 Å². The Balaban J connectivity index is 1.59. The summed E-state index contributed by atoms with van der Waals surface area (Å²) >= 11 is 18.5. The van der Waals surface area contributed by atoms with Gasteiger partial charge >= 0.3 is 5.97 Å². The van der Waals surface area contributed by atoms with Crippen molar-refractivity contribution in [1.82, 2.24) is 0 Å². The summed E-state index contributed by atoms with van der Waals surface area (Å²) in [7, 11) is 1.52. The van der Waals surface area contributed by atoms with E-state index in [9.17, 15) is 4.79 Å². The molecule has 0 amide bonds. The van der Waals surface area contributed by atoms with Gasteiger partial charge in [-0.3, -0.25) is 0 Å². The molecule has 1 heterocycles. The number of cyclic esters (lactones) is 1. The third-order valence-electron chi connectivity index (χ3n) is 4.85. The zero-order valence-electron chi connectivity index (χ0n) is 17.7. The number of aryl methyl sites for hydroxylation is 1. The second-order valence-corrected chi connectivity index (χ2v) is 8.49. The second-order valence-electron chi connectivity index (χ2n) is 7.27. The number of carbonyl (C=O) groups is 1. The summed E-state index contributed by atoms with van der Waals surface area (Å²) in [6.45, 7) is 2.36. The first kappa shape index (κ1) is 23.2. The highest BCUT2D eigenvalue weighted by Crippen LogP contribution is 2.38. The molecule has 0 unspecified atom stereocenters. The first-order valence-corrected chi connectivity index (χ1v) is 11.0. The molecule has 1 aliphatic rings. The average Bonchev–Trinajstić information content (AvgIpc) is 3.15. The van der Waals surface area contributed by atoms with E-state index in [2.05, 4.69) is 4.99 Å². The van der Waals surface area contributed by atoms with E-state index in [0.29, 0.717) is 44.3 Å². The molecule has 168 valence electrons. The summed E-state index contributed by atoms with van der Waals surface area (Å²) in [5.74, 6) is 0.393. The van der Waals surface area contributed by atoms with Crippen LogP contribution in [-0.2, 0) is 16.1 Å². The number of hydrogen-bond donors (Lipinski definition) is 0. The molecule has 5 nitrogen and oxygen atoms in total. The van der Waals surface area contributed by atoms with E-state index in [-0.39, 0.29) is 11.6 Å². The van der Waals surface area contributed by atoms with Crippen molar-refractivity contribution in [2.45, 2.75) is 13.5 Å². The van der Waals surface area contributed by atoms with Crippen molar-refractivity contribution in [2.75, 3.05) is 7.11 Å². The van der Waals surface area contributed by atoms with Gasteiger partial charge in [-0.2, -0.15) is 0 Å². The summed E-state index contributed by atoms with van der Waals surface area (Å²) in [5.41, 5.74) is 3.43. The number of nitrogens with zero attached hydrogens (tertiary/aromatic N) is 1. The summed E-state index contributed by atoms with van der Waals surface area (Å²) in [6.07, 6.45) is 1.56. The lowest BCUT2D eigenvalue weighted by Gasteiger charge is -2.13. The van der Waals surface area contributed by atoms with Crippen LogP contribution >= 0.6 is 34.8 Å². The van der Waals surface area contributed by atoms with Gasteiger partial charge in [-0.05, 0) is 54.5 Å². The minimum absolute atomic E-state index is 0.113. The summed E-state index contributed by atoms with van der Waals surface area (Å²) in [6, 6.07) is 16.2. The molecule has 0 fully saturated rings. The molecule has 0 spiro atoms. The normalized spacial score (nSPS) is 14.3. The van der Waals surface area contributed by atoms with Gasteiger partial charge in [-0.15, -0.1) is 0 Å². The van der Waals surface area contributed by atoms with Crippen molar-refractivity contribution >= 4 is 52.7 Å². The first-order valence-electron chi connectivity index (χ1n) is 9.88. The van der Waals surface area contributed by atoms with Crippen molar-refractivity contribution in [3.63, 3.8) is 0 Å². The van der Waals surface area contributed by atoms with E-state index in [1.807, 2.05) is 31.2 Å². The molecule has 0 aromatic heterocycles. The Morgan fingerprint density at radius 1 is 0.970 bits per heavy atom. The number of rotatable bonds is 6. The highest BCUT2D eigenvalue weighted by molar-refractivity contribution is 6.42. The molecular weight excluding hydrogens is 485 g/mol. The Morgan fingerprint density at radius 3 is 2.42 bits per heavy atom. The minimum Gasteiger partial charge on any atom is -0.493 e. The lowest BCUT2D eigenvalue weighted by molar-refractivity contribution is -0.129. The third-order valence-corrected chi connectivity index (χ3v) is 5.87. The molecule has 33 heavy (non-hydrogen) atoms. The van der Waals surface area contributed by atoms with Crippen molar-refractivity contribution in [3.8, 4) is 11.5 Å². The van der Waals surface area contributed by atoms with Crippen molar-refractivity contribution < 1.29 is 19.0 Å². The Bertz CT molecular complexity index is 1280. The molecule has 1 aliphatic heterocycles. The largest absolute Gasteiger partial charge is 0.493 e. The summed E-state index contributed by atoms with van der Waals surface area (Å²) < 4.78 is 16.7. The number of aliphatic imine (C=N–C) groups is 1. The quantitative estimate of drug-likeness (QED) is 0.272. The molecule has 0 atom stereocenters.